The number of likely N-dealkylation sites (N-methyl/N-ethyl adjacent to an activating group) is 1. The van der Waals surface area contributed by atoms with Crippen molar-refractivity contribution in [2.24, 2.45) is 0 Å². The van der Waals surface area contributed by atoms with Crippen molar-refractivity contribution in [1.82, 2.24) is 19.7 Å². The number of nitrogens with zero attached hydrogens (tertiary/aromatic N) is 3. The quantitative estimate of drug-likeness (QED) is 0.470. The number of benzene rings is 1. The number of aromatic hydroxyl groups is 1. The van der Waals surface area contributed by atoms with Crippen LogP contribution in [0.5, 0.6) is 5.75 Å². The Morgan fingerprint density at radius 3 is 2.68 bits per heavy atom. The number of halogens is 2. The Morgan fingerprint density at radius 2 is 1.94 bits per heavy atom. The van der Waals surface area contributed by atoms with E-state index in [4.69, 9.17) is 4.42 Å². The van der Waals surface area contributed by atoms with Gasteiger partial charge < -0.3 is 29.2 Å². The summed E-state index contributed by atoms with van der Waals surface area (Å²) in [5.74, 6) is -0.490. The molecule has 3 heterocycles. The van der Waals surface area contributed by atoms with Gasteiger partial charge in [0, 0.05) is 47.8 Å². The average molecular weight is 596 g/mol. The molecule has 4 rings (SSSR count). The molecule has 0 aliphatic carbocycles. The highest BCUT2D eigenvalue weighted by atomic mass is 79.9. The van der Waals surface area contributed by atoms with Crippen molar-refractivity contribution < 1.29 is 19.1 Å². The second kappa shape index (κ2) is 9.93. The van der Waals surface area contributed by atoms with Gasteiger partial charge in [-0.2, -0.15) is 0 Å². The number of fused-ring (bicyclic) bond motifs is 1. The van der Waals surface area contributed by atoms with Crippen molar-refractivity contribution in [2.75, 3.05) is 33.2 Å². The molecular weight excluding hydrogens is 572 g/mol. The van der Waals surface area contributed by atoms with Gasteiger partial charge in [0.1, 0.15) is 17.9 Å². The minimum atomic E-state index is -0.454. The van der Waals surface area contributed by atoms with Crippen molar-refractivity contribution in [3.63, 3.8) is 0 Å². The molecule has 1 aliphatic heterocycles. The summed E-state index contributed by atoms with van der Waals surface area (Å²) in [6, 6.07) is 7.69. The molecule has 1 aromatic carbocycles. The molecule has 1 aliphatic rings. The van der Waals surface area contributed by atoms with E-state index < -0.39 is 5.56 Å². The van der Waals surface area contributed by atoms with Crippen LogP contribution in [0.1, 0.15) is 16.2 Å². The maximum atomic E-state index is 13.3. The number of hydrogen-bond acceptors (Lipinski definition) is 6. The molecule has 9 nitrogen and oxygen atoms in total. The zero-order valence-corrected chi connectivity index (χ0v) is 21.8. The highest BCUT2D eigenvalue weighted by Gasteiger charge is 2.32. The van der Waals surface area contributed by atoms with Gasteiger partial charge in [-0.15, -0.1) is 0 Å². The lowest BCUT2D eigenvalue weighted by Crippen LogP contribution is -2.58. The van der Waals surface area contributed by atoms with Crippen molar-refractivity contribution in [1.29, 1.82) is 0 Å². The molecule has 11 heteroatoms. The molecule has 34 heavy (non-hydrogen) atoms. The molecule has 1 atom stereocenters. The molecule has 2 N–H and O–H groups in total. The van der Waals surface area contributed by atoms with Crippen LogP contribution in [-0.2, 0) is 11.3 Å². The molecule has 1 unspecified atom stereocenters. The highest BCUT2D eigenvalue weighted by molar-refractivity contribution is 9.11. The summed E-state index contributed by atoms with van der Waals surface area (Å²) >= 11 is 6.91. The fourth-order valence-electron chi connectivity index (χ4n) is 4.12. The summed E-state index contributed by atoms with van der Waals surface area (Å²) in [7, 11) is 1.96. The predicted molar refractivity (Wildman–Crippen MR) is 134 cm³/mol. The van der Waals surface area contributed by atoms with E-state index in [1.54, 1.807) is 17.9 Å². The number of piperazine rings is 1. The summed E-state index contributed by atoms with van der Waals surface area (Å²) < 4.78 is 8.77. The van der Waals surface area contributed by atoms with Crippen LogP contribution in [0.4, 0.5) is 0 Å². The average Bonchev–Trinajstić information content (AvgIpc) is 3.19. The Balaban J connectivity index is 1.48. The smallest absolute Gasteiger partial charge is 0.290 e. The lowest BCUT2D eigenvalue weighted by atomic mass is 10.1. The molecule has 2 aromatic heterocycles. The van der Waals surface area contributed by atoms with Gasteiger partial charge in [-0.3, -0.25) is 14.4 Å². The maximum Gasteiger partial charge on any atom is 0.290 e. The second-order valence-corrected chi connectivity index (χ2v) is 10.2. The third-order valence-electron chi connectivity index (χ3n) is 5.85. The third kappa shape index (κ3) is 5.21. The van der Waals surface area contributed by atoms with E-state index in [0.717, 1.165) is 20.4 Å². The SMILES string of the molecule is Cc1cc(O)cc(=O)n1CC(=O)NCC1CN(C)CCN1C(=O)c1cc2cc(Br)cc(Br)c2o1. The van der Waals surface area contributed by atoms with Crippen LogP contribution in [-0.4, -0.2) is 70.6 Å². The zero-order chi connectivity index (χ0) is 24.6. The summed E-state index contributed by atoms with van der Waals surface area (Å²) in [6.45, 7) is 3.49. The Labute approximate surface area is 212 Å². The molecule has 0 radical (unpaired) electrons. The predicted octanol–water partition coefficient (Wildman–Crippen LogP) is 2.71. The normalized spacial score (nSPS) is 16.7. The molecule has 3 aromatic rings. The van der Waals surface area contributed by atoms with E-state index in [0.29, 0.717) is 30.9 Å². The van der Waals surface area contributed by atoms with Gasteiger partial charge in [0.25, 0.3) is 11.5 Å². The van der Waals surface area contributed by atoms with Gasteiger partial charge in [-0.25, -0.2) is 0 Å². The fourth-order valence-corrected chi connectivity index (χ4v) is 5.46. The summed E-state index contributed by atoms with van der Waals surface area (Å²) in [6.07, 6.45) is 0. The van der Waals surface area contributed by atoms with Crippen LogP contribution in [0.15, 0.2) is 48.5 Å². The van der Waals surface area contributed by atoms with E-state index in [9.17, 15) is 19.5 Å². The van der Waals surface area contributed by atoms with Crippen molar-refractivity contribution in [3.8, 4) is 5.75 Å². The summed E-state index contributed by atoms with van der Waals surface area (Å²) in [5, 5.41) is 13.2. The Kier molecular flexibility index (Phi) is 7.15. The van der Waals surface area contributed by atoms with E-state index in [-0.39, 0.29) is 42.5 Å². The number of aromatic nitrogens is 1. The number of rotatable bonds is 5. The minimum Gasteiger partial charge on any atom is -0.508 e. The second-order valence-electron chi connectivity index (χ2n) is 8.41. The van der Waals surface area contributed by atoms with Gasteiger partial charge in [-0.1, -0.05) is 15.9 Å². The largest absolute Gasteiger partial charge is 0.508 e. The molecule has 0 saturated carbocycles. The number of hydrogen-bond donors (Lipinski definition) is 2. The summed E-state index contributed by atoms with van der Waals surface area (Å²) in [5.41, 5.74) is 0.627. The Bertz CT molecular complexity index is 1320. The molecule has 180 valence electrons. The first kappa shape index (κ1) is 24.5. The molecule has 1 fully saturated rings. The van der Waals surface area contributed by atoms with Crippen LogP contribution < -0.4 is 10.9 Å². The first-order valence-corrected chi connectivity index (χ1v) is 12.3. The molecule has 0 bridgehead atoms. The van der Waals surface area contributed by atoms with Gasteiger partial charge in [-0.05, 0) is 54.2 Å². The van der Waals surface area contributed by atoms with Crippen LogP contribution in [0.3, 0.4) is 0 Å². The lowest BCUT2D eigenvalue weighted by molar-refractivity contribution is -0.122. The number of pyridine rings is 1. The van der Waals surface area contributed by atoms with Crippen LogP contribution in [0.2, 0.25) is 0 Å². The molecular formula is C23H24Br2N4O5. The monoisotopic (exact) mass is 594 g/mol. The van der Waals surface area contributed by atoms with E-state index >= 15 is 0 Å². The minimum absolute atomic E-state index is 0.136. The number of amides is 2. The number of carbonyl (C=O) groups is 2. The molecule has 2 amide bonds. The van der Waals surface area contributed by atoms with Crippen molar-refractivity contribution in [3.05, 3.63) is 61.1 Å². The Hall–Kier alpha value is -2.63. The van der Waals surface area contributed by atoms with Gasteiger partial charge in [0.2, 0.25) is 5.91 Å². The van der Waals surface area contributed by atoms with Gasteiger partial charge in [0.05, 0.1) is 10.5 Å². The zero-order valence-electron chi connectivity index (χ0n) is 18.7. The van der Waals surface area contributed by atoms with Crippen molar-refractivity contribution in [2.45, 2.75) is 19.5 Å². The van der Waals surface area contributed by atoms with Crippen LogP contribution >= 0.6 is 31.9 Å². The maximum absolute atomic E-state index is 13.3. The number of carbonyl (C=O) groups excluding carboxylic acids is 2. The fraction of sp³-hybridized carbons (Fsp3) is 0.348. The third-order valence-corrected chi connectivity index (χ3v) is 6.90. The first-order chi connectivity index (χ1) is 16.1. The molecule has 1 saturated heterocycles. The number of furan rings is 1. The van der Waals surface area contributed by atoms with Gasteiger partial charge in [0.15, 0.2) is 5.76 Å². The lowest BCUT2D eigenvalue weighted by Gasteiger charge is -2.39. The topological polar surface area (TPSA) is 108 Å². The van der Waals surface area contributed by atoms with E-state index in [2.05, 4.69) is 42.1 Å². The highest BCUT2D eigenvalue weighted by Crippen LogP contribution is 2.31. The molecule has 0 spiro atoms. The van der Waals surface area contributed by atoms with E-state index in [1.165, 1.54) is 10.6 Å². The Morgan fingerprint density at radius 1 is 1.18 bits per heavy atom. The van der Waals surface area contributed by atoms with Crippen LogP contribution in [0, 0.1) is 6.92 Å². The van der Waals surface area contributed by atoms with E-state index in [1.807, 2.05) is 19.2 Å². The van der Waals surface area contributed by atoms with Crippen LogP contribution in [0.25, 0.3) is 11.0 Å². The summed E-state index contributed by atoms with van der Waals surface area (Å²) in [4.78, 5) is 41.9. The van der Waals surface area contributed by atoms with Gasteiger partial charge >= 0.3 is 0 Å². The number of aryl methyl sites for hydroxylation is 1. The first-order valence-electron chi connectivity index (χ1n) is 10.7. The standard InChI is InChI=1S/C23H24Br2N4O5/c1-13-5-17(30)9-21(32)29(13)12-20(31)26-10-16-11-27(2)3-4-28(16)23(33)19-7-14-6-15(24)8-18(25)22(14)34-19/h5-9,16,30H,3-4,10-12H2,1-2H3,(H,26,31). The van der Waals surface area contributed by atoms with Crippen molar-refractivity contribution >= 4 is 54.6 Å². The number of nitrogens with one attached hydrogen (secondary N) is 1.